The number of carbonyl (C=O) groups is 1. The van der Waals surface area contributed by atoms with Gasteiger partial charge >= 0.3 is 0 Å². The Balaban J connectivity index is 2.92. The Labute approximate surface area is 144 Å². The minimum atomic E-state index is 0.753. The molecule has 132 valence electrons. The number of unbranched alkanes of at least 4 members (excludes halogenated alkanes) is 14. The van der Waals surface area contributed by atoms with E-state index in [0.717, 1.165) is 19.1 Å². The van der Waals surface area contributed by atoms with Crippen LogP contribution < -0.4 is 0 Å². The maximum Gasteiger partial charge on any atom is 0.119 e. The summed E-state index contributed by atoms with van der Waals surface area (Å²) in [4.78, 5) is 10.2. The Morgan fingerprint density at radius 3 is 1.45 bits per heavy atom. The van der Waals surface area contributed by atoms with Gasteiger partial charge in [-0.25, -0.2) is 0 Å². The molecule has 0 rings (SSSR count). The Hall–Kier alpha value is 0.0200. The van der Waals surface area contributed by atoms with Crippen LogP contribution in [0.5, 0.6) is 0 Å². The van der Waals surface area contributed by atoms with Crippen LogP contribution >= 0.6 is 11.8 Å². The highest BCUT2D eigenvalue weighted by Gasteiger charge is 1.94. The summed E-state index contributed by atoms with van der Waals surface area (Å²) in [6.45, 7) is 2.29. The number of rotatable bonds is 19. The average molecular weight is 329 g/mol. The summed E-state index contributed by atoms with van der Waals surface area (Å²) >= 11 is 2.10. The van der Waals surface area contributed by atoms with Crippen molar-refractivity contribution in [3.8, 4) is 0 Å². The Kier molecular flexibility index (Phi) is 21.0. The molecule has 0 radical (unpaired) electrons. The van der Waals surface area contributed by atoms with E-state index < -0.39 is 0 Å². The average Bonchev–Trinajstić information content (AvgIpc) is 2.54. The van der Waals surface area contributed by atoms with Gasteiger partial charge in [0.25, 0.3) is 0 Å². The van der Waals surface area contributed by atoms with Crippen LogP contribution in [0.3, 0.4) is 0 Å². The first-order chi connectivity index (χ1) is 10.9. The molecule has 22 heavy (non-hydrogen) atoms. The molecule has 0 aliphatic heterocycles. The topological polar surface area (TPSA) is 17.1 Å². The SMILES string of the molecule is CCCCCCCCCCCCCCSCCCCCC=O. The third kappa shape index (κ3) is 20.0. The van der Waals surface area contributed by atoms with Crippen LogP contribution in [0.1, 0.15) is 110 Å². The zero-order valence-electron chi connectivity index (χ0n) is 15.1. The van der Waals surface area contributed by atoms with Gasteiger partial charge in [0.2, 0.25) is 0 Å². The summed E-state index contributed by atoms with van der Waals surface area (Å²) in [7, 11) is 0. The molecule has 1 nitrogen and oxygen atoms in total. The van der Waals surface area contributed by atoms with Crippen LogP contribution in [0.15, 0.2) is 0 Å². The van der Waals surface area contributed by atoms with Crippen molar-refractivity contribution in [2.75, 3.05) is 11.5 Å². The molecule has 0 saturated heterocycles. The highest BCUT2D eigenvalue weighted by Crippen LogP contribution is 2.14. The van der Waals surface area contributed by atoms with Crippen molar-refractivity contribution in [2.24, 2.45) is 0 Å². The number of hydrogen-bond donors (Lipinski definition) is 0. The van der Waals surface area contributed by atoms with Crippen LogP contribution in [0.25, 0.3) is 0 Å². The van der Waals surface area contributed by atoms with Crippen molar-refractivity contribution >= 4 is 18.0 Å². The lowest BCUT2D eigenvalue weighted by molar-refractivity contribution is -0.107. The fraction of sp³-hybridized carbons (Fsp3) is 0.950. The summed E-state index contributed by atoms with van der Waals surface area (Å²) in [6, 6.07) is 0. The second-order valence-electron chi connectivity index (χ2n) is 6.52. The van der Waals surface area contributed by atoms with E-state index in [-0.39, 0.29) is 0 Å². The van der Waals surface area contributed by atoms with Crippen molar-refractivity contribution in [2.45, 2.75) is 110 Å². The zero-order chi connectivity index (χ0) is 16.1. The van der Waals surface area contributed by atoms with E-state index in [2.05, 4.69) is 18.7 Å². The second kappa shape index (κ2) is 21.0. The van der Waals surface area contributed by atoms with Crippen LogP contribution in [0, 0.1) is 0 Å². The molecule has 2 heteroatoms. The van der Waals surface area contributed by atoms with Crippen molar-refractivity contribution < 1.29 is 4.79 Å². The van der Waals surface area contributed by atoms with E-state index in [0.29, 0.717) is 0 Å². The molecule has 0 fully saturated rings. The standard InChI is InChI=1S/C20H40OS/c1-2-3-4-5-6-7-8-9-10-11-13-16-19-22-20-17-14-12-15-18-21/h18H,2-17,19-20H2,1H3. The van der Waals surface area contributed by atoms with Gasteiger partial charge in [0.15, 0.2) is 0 Å². The number of aldehydes is 1. The smallest absolute Gasteiger partial charge is 0.119 e. The quantitative estimate of drug-likeness (QED) is 0.184. The summed E-state index contributed by atoms with van der Waals surface area (Å²) in [5.41, 5.74) is 0. The lowest BCUT2D eigenvalue weighted by Gasteiger charge is -2.03. The van der Waals surface area contributed by atoms with Crippen molar-refractivity contribution in [3.63, 3.8) is 0 Å². The molecule has 0 aromatic rings. The summed E-state index contributed by atoms with van der Waals surface area (Å²) in [5.74, 6) is 2.63. The van der Waals surface area contributed by atoms with Crippen molar-refractivity contribution in [1.29, 1.82) is 0 Å². The molecule has 0 bridgehead atoms. The Morgan fingerprint density at radius 2 is 1.00 bits per heavy atom. The number of carbonyl (C=O) groups excluding carboxylic acids is 1. The summed E-state index contributed by atoms with van der Waals surface area (Å²) in [5, 5.41) is 0. The first-order valence-corrected chi connectivity index (χ1v) is 11.1. The van der Waals surface area contributed by atoms with Gasteiger partial charge in [-0.15, -0.1) is 0 Å². The van der Waals surface area contributed by atoms with E-state index in [4.69, 9.17) is 0 Å². The van der Waals surface area contributed by atoms with E-state index in [1.165, 1.54) is 101 Å². The van der Waals surface area contributed by atoms with Crippen LogP contribution in [-0.2, 0) is 4.79 Å². The minimum Gasteiger partial charge on any atom is -0.303 e. The van der Waals surface area contributed by atoms with Gasteiger partial charge in [0, 0.05) is 6.42 Å². The van der Waals surface area contributed by atoms with Crippen molar-refractivity contribution in [1.82, 2.24) is 0 Å². The minimum absolute atomic E-state index is 0.753. The number of thioether (sulfide) groups is 1. The van der Waals surface area contributed by atoms with Gasteiger partial charge < -0.3 is 4.79 Å². The van der Waals surface area contributed by atoms with E-state index in [9.17, 15) is 4.79 Å². The monoisotopic (exact) mass is 328 g/mol. The molecule has 0 aliphatic carbocycles. The summed E-state index contributed by atoms with van der Waals surface area (Å²) in [6.07, 6.45) is 22.6. The molecule has 0 unspecified atom stereocenters. The lowest BCUT2D eigenvalue weighted by atomic mass is 10.1. The van der Waals surface area contributed by atoms with Crippen LogP contribution in [-0.4, -0.2) is 17.8 Å². The predicted octanol–water partition coefficient (Wildman–Crippen LogP) is 7.18. The molecule has 0 aliphatic rings. The first kappa shape index (κ1) is 22.0. The molecule has 0 N–H and O–H groups in total. The lowest BCUT2D eigenvalue weighted by Crippen LogP contribution is -1.87. The van der Waals surface area contributed by atoms with E-state index in [1.807, 2.05) is 0 Å². The van der Waals surface area contributed by atoms with Gasteiger partial charge in [-0.05, 0) is 30.8 Å². The Morgan fingerprint density at radius 1 is 0.591 bits per heavy atom. The van der Waals surface area contributed by atoms with E-state index in [1.54, 1.807) is 0 Å². The molecule has 0 atom stereocenters. The molecule has 0 aromatic heterocycles. The summed E-state index contributed by atoms with van der Waals surface area (Å²) < 4.78 is 0. The Bertz CT molecular complexity index is 206. The van der Waals surface area contributed by atoms with Crippen LogP contribution in [0.4, 0.5) is 0 Å². The third-order valence-electron chi connectivity index (χ3n) is 4.25. The van der Waals surface area contributed by atoms with E-state index >= 15 is 0 Å². The molecule has 0 spiro atoms. The van der Waals surface area contributed by atoms with Crippen molar-refractivity contribution in [3.05, 3.63) is 0 Å². The van der Waals surface area contributed by atoms with Gasteiger partial charge in [0.1, 0.15) is 6.29 Å². The highest BCUT2D eigenvalue weighted by atomic mass is 32.2. The largest absolute Gasteiger partial charge is 0.303 e. The fourth-order valence-electron chi connectivity index (χ4n) is 2.76. The normalized spacial score (nSPS) is 11.0. The maximum absolute atomic E-state index is 10.2. The fourth-order valence-corrected chi connectivity index (χ4v) is 3.78. The van der Waals surface area contributed by atoms with Gasteiger partial charge in [-0.3, -0.25) is 0 Å². The van der Waals surface area contributed by atoms with Gasteiger partial charge in [-0.2, -0.15) is 11.8 Å². The highest BCUT2D eigenvalue weighted by molar-refractivity contribution is 7.99. The zero-order valence-corrected chi connectivity index (χ0v) is 15.9. The molecule has 0 heterocycles. The maximum atomic E-state index is 10.2. The second-order valence-corrected chi connectivity index (χ2v) is 7.74. The molecule has 0 amide bonds. The molecule has 0 saturated carbocycles. The molecular weight excluding hydrogens is 288 g/mol. The third-order valence-corrected chi connectivity index (χ3v) is 5.41. The molecule has 0 aromatic carbocycles. The van der Waals surface area contributed by atoms with Gasteiger partial charge in [0.05, 0.1) is 0 Å². The van der Waals surface area contributed by atoms with Crippen LogP contribution in [0.2, 0.25) is 0 Å². The predicted molar refractivity (Wildman–Crippen MR) is 103 cm³/mol. The molecular formula is C20H40OS. The first-order valence-electron chi connectivity index (χ1n) is 9.93. The van der Waals surface area contributed by atoms with Gasteiger partial charge in [-0.1, -0.05) is 84.0 Å². The number of hydrogen-bond acceptors (Lipinski definition) is 2.